The van der Waals surface area contributed by atoms with E-state index in [1.165, 1.54) is 13.2 Å². The fourth-order valence-corrected chi connectivity index (χ4v) is 1.74. The average Bonchev–Trinajstić information content (AvgIpc) is 2.44. The van der Waals surface area contributed by atoms with Crippen molar-refractivity contribution >= 4 is 5.91 Å². The molecule has 0 heterocycles. The van der Waals surface area contributed by atoms with Crippen LogP contribution in [-0.2, 0) is 9.53 Å². The zero-order chi connectivity index (χ0) is 15.8. The van der Waals surface area contributed by atoms with Crippen LogP contribution in [0.3, 0.4) is 0 Å². The molecule has 0 aromatic heterocycles. The number of ether oxygens (including phenoxy) is 1. The number of aliphatic hydroxyl groups is 1. The van der Waals surface area contributed by atoms with Crippen molar-refractivity contribution in [3.8, 4) is 0 Å². The molecule has 5 nitrogen and oxygen atoms in total. The van der Waals surface area contributed by atoms with Crippen LogP contribution in [0.4, 0.5) is 8.78 Å². The average molecular weight is 302 g/mol. The summed E-state index contributed by atoms with van der Waals surface area (Å²) in [6.07, 6.45) is -1.37. The first kappa shape index (κ1) is 17.5. The van der Waals surface area contributed by atoms with Crippen LogP contribution in [0.1, 0.15) is 18.6 Å². The molecule has 0 saturated heterocycles. The highest BCUT2D eigenvalue weighted by molar-refractivity contribution is 5.81. The molecule has 2 atom stereocenters. The summed E-state index contributed by atoms with van der Waals surface area (Å²) in [6.45, 7) is 2.21. The van der Waals surface area contributed by atoms with Crippen molar-refractivity contribution in [3.05, 3.63) is 35.4 Å². The molecule has 0 bridgehead atoms. The standard InChI is InChI=1S/C14H20F2N2O3/c1-9(14(20)17-6-7-21-2)18-8-12(19)13-10(15)4-3-5-11(13)16/h3-5,9,12,18-19H,6-8H2,1-2H3,(H,17,20). The smallest absolute Gasteiger partial charge is 0.236 e. The molecule has 0 saturated carbocycles. The lowest BCUT2D eigenvalue weighted by Crippen LogP contribution is -2.44. The van der Waals surface area contributed by atoms with Gasteiger partial charge in [0, 0.05) is 20.2 Å². The van der Waals surface area contributed by atoms with E-state index in [0.29, 0.717) is 13.2 Å². The summed E-state index contributed by atoms with van der Waals surface area (Å²) in [5, 5.41) is 15.2. The molecule has 7 heteroatoms. The first-order valence-corrected chi connectivity index (χ1v) is 6.59. The van der Waals surface area contributed by atoms with Gasteiger partial charge in [-0.25, -0.2) is 8.78 Å². The Bertz CT molecular complexity index is 451. The minimum Gasteiger partial charge on any atom is -0.387 e. The fourth-order valence-electron chi connectivity index (χ4n) is 1.74. The molecule has 118 valence electrons. The summed E-state index contributed by atoms with van der Waals surface area (Å²) in [4.78, 5) is 11.6. The maximum atomic E-state index is 13.5. The van der Waals surface area contributed by atoms with E-state index in [2.05, 4.69) is 10.6 Å². The molecule has 2 unspecified atom stereocenters. The van der Waals surface area contributed by atoms with Crippen LogP contribution < -0.4 is 10.6 Å². The quantitative estimate of drug-likeness (QED) is 0.620. The molecule has 0 aliphatic carbocycles. The van der Waals surface area contributed by atoms with Gasteiger partial charge in [-0.3, -0.25) is 4.79 Å². The Morgan fingerprint density at radius 1 is 1.38 bits per heavy atom. The minimum atomic E-state index is -1.37. The summed E-state index contributed by atoms with van der Waals surface area (Å²) in [6, 6.07) is 2.76. The van der Waals surface area contributed by atoms with Crippen LogP contribution in [0, 0.1) is 11.6 Å². The van der Waals surface area contributed by atoms with Crippen molar-refractivity contribution in [3.63, 3.8) is 0 Å². The predicted octanol–water partition coefficient (Wildman–Crippen LogP) is 0.739. The Morgan fingerprint density at radius 2 is 2.00 bits per heavy atom. The number of methoxy groups -OCH3 is 1. The van der Waals surface area contributed by atoms with Crippen LogP contribution in [0.2, 0.25) is 0 Å². The number of rotatable bonds is 8. The summed E-state index contributed by atoms with van der Waals surface area (Å²) in [5.41, 5.74) is -0.406. The number of halogens is 2. The van der Waals surface area contributed by atoms with Crippen molar-refractivity contribution < 1.29 is 23.4 Å². The van der Waals surface area contributed by atoms with Gasteiger partial charge in [-0.15, -0.1) is 0 Å². The highest BCUT2D eigenvalue weighted by Crippen LogP contribution is 2.19. The number of carbonyl (C=O) groups is 1. The SMILES string of the molecule is COCCNC(=O)C(C)NCC(O)c1c(F)cccc1F. The van der Waals surface area contributed by atoms with E-state index in [0.717, 1.165) is 12.1 Å². The van der Waals surface area contributed by atoms with Crippen molar-refractivity contribution in [2.24, 2.45) is 0 Å². The third kappa shape index (κ3) is 5.37. The van der Waals surface area contributed by atoms with Crippen molar-refractivity contribution in [1.82, 2.24) is 10.6 Å². The molecule has 1 rings (SSSR count). The Labute approximate surface area is 122 Å². The molecular weight excluding hydrogens is 282 g/mol. The molecule has 0 aliphatic rings. The van der Waals surface area contributed by atoms with Gasteiger partial charge in [-0.05, 0) is 19.1 Å². The van der Waals surface area contributed by atoms with Gasteiger partial charge in [-0.2, -0.15) is 0 Å². The molecule has 3 N–H and O–H groups in total. The number of carbonyl (C=O) groups excluding carboxylic acids is 1. The van der Waals surface area contributed by atoms with Crippen molar-refractivity contribution in [2.75, 3.05) is 26.8 Å². The largest absolute Gasteiger partial charge is 0.387 e. The Hall–Kier alpha value is -1.57. The second-order valence-electron chi connectivity index (χ2n) is 4.56. The van der Waals surface area contributed by atoms with Crippen LogP contribution in [-0.4, -0.2) is 43.9 Å². The normalized spacial score (nSPS) is 13.8. The third-order valence-corrected chi connectivity index (χ3v) is 2.95. The molecule has 21 heavy (non-hydrogen) atoms. The van der Waals surface area contributed by atoms with E-state index in [1.54, 1.807) is 6.92 Å². The van der Waals surface area contributed by atoms with Gasteiger partial charge in [-0.1, -0.05) is 6.07 Å². The molecular formula is C14H20F2N2O3. The minimum absolute atomic E-state index is 0.142. The molecule has 1 aromatic carbocycles. The summed E-state index contributed by atoms with van der Waals surface area (Å²) < 4.78 is 31.7. The fraction of sp³-hybridized carbons (Fsp3) is 0.500. The Morgan fingerprint density at radius 3 is 2.57 bits per heavy atom. The molecule has 0 fully saturated rings. The first-order chi connectivity index (χ1) is 9.97. The molecule has 0 radical (unpaired) electrons. The van der Waals surface area contributed by atoms with Crippen LogP contribution in [0.5, 0.6) is 0 Å². The van der Waals surface area contributed by atoms with E-state index < -0.39 is 29.3 Å². The van der Waals surface area contributed by atoms with E-state index in [-0.39, 0.29) is 12.5 Å². The van der Waals surface area contributed by atoms with Gasteiger partial charge >= 0.3 is 0 Å². The molecule has 1 aromatic rings. The second kappa shape index (κ2) is 8.66. The zero-order valence-corrected chi connectivity index (χ0v) is 12.0. The number of benzene rings is 1. The molecule has 0 aliphatic heterocycles. The van der Waals surface area contributed by atoms with Gasteiger partial charge in [0.05, 0.1) is 24.3 Å². The second-order valence-corrected chi connectivity index (χ2v) is 4.56. The lowest BCUT2D eigenvalue weighted by atomic mass is 10.1. The Balaban J connectivity index is 2.49. The van der Waals surface area contributed by atoms with Crippen LogP contribution in [0.15, 0.2) is 18.2 Å². The van der Waals surface area contributed by atoms with Crippen molar-refractivity contribution in [2.45, 2.75) is 19.1 Å². The first-order valence-electron chi connectivity index (χ1n) is 6.59. The van der Waals surface area contributed by atoms with E-state index in [1.807, 2.05) is 0 Å². The monoisotopic (exact) mass is 302 g/mol. The van der Waals surface area contributed by atoms with E-state index >= 15 is 0 Å². The highest BCUT2D eigenvalue weighted by Gasteiger charge is 2.19. The number of nitrogens with one attached hydrogen (secondary N) is 2. The van der Waals surface area contributed by atoms with Crippen LogP contribution in [0.25, 0.3) is 0 Å². The van der Waals surface area contributed by atoms with Gasteiger partial charge in [0.25, 0.3) is 0 Å². The molecule has 1 amide bonds. The third-order valence-electron chi connectivity index (χ3n) is 2.95. The number of amides is 1. The van der Waals surface area contributed by atoms with Gasteiger partial charge in [0.15, 0.2) is 0 Å². The molecule has 0 spiro atoms. The van der Waals surface area contributed by atoms with E-state index in [9.17, 15) is 18.7 Å². The van der Waals surface area contributed by atoms with Gasteiger partial charge < -0.3 is 20.5 Å². The summed E-state index contributed by atoms with van der Waals surface area (Å²) >= 11 is 0. The maximum Gasteiger partial charge on any atom is 0.236 e. The Kier molecular flexibility index (Phi) is 7.21. The maximum absolute atomic E-state index is 13.5. The predicted molar refractivity (Wildman–Crippen MR) is 73.7 cm³/mol. The topological polar surface area (TPSA) is 70.6 Å². The summed E-state index contributed by atoms with van der Waals surface area (Å²) in [5.74, 6) is -1.92. The summed E-state index contributed by atoms with van der Waals surface area (Å²) in [7, 11) is 1.52. The van der Waals surface area contributed by atoms with Gasteiger partial charge in [0.2, 0.25) is 5.91 Å². The van der Waals surface area contributed by atoms with Crippen LogP contribution >= 0.6 is 0 Å². The highest BCUT2D eigenvalue weighted by atomic mass is 19.1. The van der Waals surface area contributed by atoms with E-state index in [4.69, 9.17) is 4.74 Å². The zero-order valence-electron chi connectivity index (χ0n) is 12.0. The van der Waals surface area contributed by atoms with Crippen molar-refractivity contribution in [1.29, 1.82) is 0 Å². The lowest BCUT2D eigenvalue weighted by molar-refractivity contribution is -0.123. The number of aliphatic hydroxyl groups excluding tert-OH is 1. The van der Waals surface area contributed by atoms with Gasteiger partial charge in [0.1, 0.15) is 11.6 Å². The lowest BCUT2D eigenvalue weighted by Gasteiger charge is -2.18. The number of hydrogen-bond acceptors (Lipinski definition) is 4. The number of hydrogen-bond donors (Lipinski definition) is 3.